The molecule has 112 valence electrons. The number of sulfonamides is 1. The molecule has 7 heteroatoms. The Labute approximate surface area is 118 Å². The SMILES string of the molecule is CC(O)C1CCN(c2ccc(S(N)(=O)=O)cc2F)CC1. The molecule has 1 aromatic carbocycles. The van der Waals surface area contributed by atoms with Crippen LogP contribution in [-0.2, 0) is 10.0 Å². The van der Waals surface area contributed by atoms with E-state index < -0.39 is 15.8 Å². The Morgan fingerprint density at radius 1 is 1.40 bits per heavy atom. The summed E-state index contributed by atoms with van der Waals surface area (Å²) in [6, 6.07) is 3.71. The van der Waals surface area contributed by atoms with Crippen LogP contribution >= 0.6 is 0 Å². The third-order valence-corrected chi connectivity index (χ3v) is 4.72. The molecule has 0 spiro atoms. The van der Waals surface area contributed by atoms with Gasteiger partial charge in [-0.15, -0.1) is 0 Å². The van der Waals surface area contributed by atoms with E-state index in [0.717, 1.165) is 18.9 Å². The lowest BCUT2D eigenvalue weighted by atomic mass is 9.92. The minimum absolute atomic E-state index is 0.224. The fraction of sp³-hybridized carbons (Fsp3) is 0.538. The molecule has 2 rings (SSSR count). The van der Waals surface area contributed by atoms with Crippen LogP contribution in [0.2, 0.25) is 0 Å². The number of primary sulfonamides is 1. The van der Waals surface area contributed by atoms with Crippen LogP contribution in [-0.4, -0.2) is 32.7 Å². The van der Waals surface area contributed by atoms with Crippen LogP contribution in [0.5, 0.6) is 0 Å². The van der Waals surface area contributed by atoms with Gasteiger partial charge in [-0.2, -0.15) is 0 Å². The van der Waals surface area contributed by atoms with Gasteiger partial charge in [0.1, 0.15) is 5.82 Å². The molecule has 3 N–H and O–H groups in total. The molecule has 0 saturated carbocycles. The van der Waals surface area contributed by atoms with Gasteiger partial charge in [0.05, 0.1) is 16.7 Å². The van der Waals surface area contributed by atoms with Crippen molar-refractivity contribution in [2.45, 2.75) is 30.8 Å². The number of benzene rings is 1. The van der Waals surface area contributed by atoms with Gasteiger partial charge in [-0.1, -0.05) is 0 Å². The number of aliphatic hydroxyl groups is 1. The van der Waals surface area contributed by atoms with Crippen LogP contribution in [0.4, 0.5) is 10.1 Å². The molecule has 0 aromatic heterocycles. The second kappa shape index (κ2) is 5.67. The molecule has 0 radical (unpaired) electrons. The number of rotatable bonds is 3. The number of hydrogen-bond donors (Lipinski definition) is 2. The molecule has 0 aliphatic carbocycles. The van der Waals surface area contributed by atoms with Crippen LogP contribution in [0, 0.1) is 11.7 Å². The maximum absolute atomic E-state index is 14.0. The maximum Gasteiger partial charge on any atom is 0.238 e. The van der Waals surface area contributed by atoms with Gasteiger partial charge >= 0.3 is 0 Å². The molecule has 1 aliphatic rings. The monoisotopic (exact) mass is 302 g/mol. The summed E-state index contributed by atoms with van der Waals surface area (Å²) in [6.07, 6.45) is 1.22. The van der Waals surface area contributed by atoms with Crippen molar-refractivity contribution in [2.24, 2.45) is 11.1 Å². The fourth-order valence-corrected chi connectivity index (χ4v) is 3.07. The fourth-order valence-electron chi connectivity index (χ4n) is 2.54. The molecule has 1 unspecified atom stereocenters. The highest BCUT2D eigenvalue weighted by Gasteiger charge is 2.24. The molecular weight excluding hydrogens is 283 g/mol. The van der Waals surface area contributed by atoms with Crippen molar-refractivity contribution in [1.29, 1.82) is 0 Å². The zero-order valence-electron chi connectivity index (χ0n) is 11.3. The third-order valence-electron chi connectivity index (χ3n) is 3.81. The van der Waals surface area contributed by atoms with E-state index in [2.05, 4.69) is 0 Å². The highest BCUT2D eigenvalue weighted by Crippen LogP contribution is 2.28. The van der Waals surface area contributed by atoms with Crippen LogP contribution in [0.3, 0.4) is 0 Å². The second-order valence-corrected chi connectivity index (χ2v) is 6.78. The van der Waals surface area contributed by atoms with Gasteiger partial charge in [-0.25, -0.2) is 17.9 Å². The first-order valence-corrected chi connectivity index (χ1v) is 8.09. The summed E-state index contributed by atoms with van der Waals surface area (Å²) in [6.45, 7) is 3.05. The molecule has 0 amide bonds. The number of nitrogens with zero attached hydrogens (tertiary/aromatic N) is 1. The minimum atomic E-state index is -3.88. The minimum Gasteiger partial charge on any atom is -0.393 e. The van der Waals surface area contributed by atoms with E-state index in [1.165, 1.54) is 12.1 Å². The molecule has 20 heavy (non-hydrogen) atoms. The zero-order chi connectivity index (χ0) is 14.9. The highest BCUT2D eigenvalue weighted by atomic mass is 32.2. The third kappa shape index (κ3) is 3.28. The smallest absolute Gasteiger partial charge is 0.238 e. The van der Waals surface area contributed by atoms with Crippen LogP contribution in [0.1, 0.15) is 19.8 Å². The van der Waals surface area contributed by atoms with Gasteiger partial charge in [-0.05, 0) is 43.9 Å². The van der Waals surface area contributed by atoms with E-state index in [0.29, 0.717) is 18.8 Å². The Morgan fingerprint density at radius 3 is 2.45 bits per heavy atom. The summed E-state index contributed by atoms with van der Waals surface area (Å²) < 4.78 is 36.3. The summed E-state index contributed by atoms with van der Waals surface area (Å²) >= 11 is 0. The lowest BCUT2D eigenvalue weighted by Gasteiger charge is -2.35. The standard InChI is InChI=1S/C13H19FN2O3S/c1-9(17)10-4-6-16(7-5-10)13-3-2-11(8-12(13)14)20(15,18)19/h2-3,8-10,17H,4-7H2,1H3,(H2,15,18,19). The summed E-state index contributed by atoms with van der Waals surface area (Å²) in [5.74, 6) is -0.356. The summed E-state index contributed by atoms with van der Waals surface area (Å²) in [5.41, 5.74) is 0.376. The van der Waals surface area contributed by atoms with Gasteiger partial charge in [0.25, 0.3) is 0 Å². The van der Waals surface area contributed by atoms with E-state index in [-0.39, 0.29) is 16.9 Å². The van der Waals surface area contributed by atoms with Gasteiger partial charge in [0.2, 0.25) is 10.0 Å². The van der Waals surface area contributed by atoms with Crippen LogP contribution < -0.4 is 10.0 Å². The van der Waals surface area contributed by atoms with Crippen molar-refractivity contribution in [3.05, 3.63) is 24.0 Å². The average Bonchev–Trinajstić information content (AvgIpc) is 2.37. The van der Waals surface area contributed by atoms with Crippen molar-refractivity contribution in [3.8, 4) is 0 Å². The normalized spacial score (nSPS) is 19.1. The van der Waals surface area contributed by atoms with Crippen LogP contribution in [0.15, 0.2) is 23.1 Å². The maximum atomic E-state index is 14.0. The number of anilines is 1. The Kier molecular flexibility index (Phi) is 4.31. The Balaban J connectivity index is 2.15. The molecule has 1 aromatic rings. The van der Waals surface area contributed by atoms with E-state index in [1.807, 2.05) is 4.90 Å². The van der Waals surface area contributed by atoms with Gasteiger partial charge in [0, 0.05) is 13.1 Å². The summed E-state index contributed by atoms with van der Waals surface area (Å²) in [4.78, 5) is 1.64. The average molecular weight is 302 g/mol. The van der Waals surface area contributed by atoms with Gasteiger partial charge in [-0.3, -0.25) is 0 Å². The molecule has 1 fully saturated rings. The second-order valence-electron chi connectivity index (χ2n) is 5.22. The van der Waals surface area contributed by atoms with E-state index >= 15 is 0 Å². The molecule has 1 saturated heterocycles. The molecule has 5 nitrogen and oxygen atoms in total. The number of nitrogens with two attached hydrogens (primary N) is 1. The lowest BCUT2D eigenvalue weighted by Crippen LogP contribution is -2.37. The largest absolute Gasteiger partial charge is 0.393 e. The van der Waals surface area contributed by atoms with Crippen molar-refractivity contribution < 1.29 is 17.9 Å². The quantitative estimate of drug-likeness (QED) is 0.875. The predicted octanol–water partition coefficient (Wildman–Crippen LogP) is 1.07. The Morgan fingerprint density at radius 2 is 2.00 bits per heavy atom. The first kappa shape index (κ1) is 15.2. The van der Waals surface area contributed by atoms with Gasteiger partial charge in [0.15, 0.2) is 0 Å². The Hall–Kier alpha value is -1.18. The van der Waals surface area contributed by atoms with Crippen molar-refractivity contribution in [1.82, 2.24) is 0 Å². The van der Waals surface area contributed by atoms with Crippen molar-refractivity contribution in [3.63, 3.8) is 0 Å². The summed E-state index contributed by atoms with van der Waals surface area (Å²) in [5, 5.41) is 14.5. The van der Waals surface area contributed by atoms with Crippen molar-refractivity contribution >= 4 is 15.7 Å². The predicted molar refractivity (Wildman–Crippen MR) is 74.4 cm³/mol. The Bertz CT molecular complexity index is 581. The number of aliphatic hydroxyl groups excluding tert-OH is 1. The number of halogens is 1. The molecule has 0 bridgehead atoms. The zero-order valence-corrected chi connectivity index (χ0v) is 12.1. The topological polar surface area (TPSA) is 83.6 Å². The molecular formula is C13H19FN2O3S. The number of hydrogen-bond acceptors (Lipinski definition) is 4. The van der Waals surface area contributed by atoms with Crippen molar-refractivity contribution in [2.75, 3.05) is 18.0 Å². The molecule has 1 heterocycles. The summed E-state index contributed by atoms with van der Waals surface area (Å²) in [7, 11) is -3.88. The first-order valence-electron chi connectivity index (χ1n) is 6.54. The lowest BCUT2D eigenvalue weighted by molar-refractivity contribution is 0.110. The molecule has 1 atom stereocenters. The van der Waals surface area contributed by atoms with E-state index in [9.17, 15) is 17.9 Å². The molecule has 1 aliphatic heterocycles. The number of piperidine rings is 1. The van der Waals surface area contributed by atoms with Gasteiger partial charge < -0.3 is 10.0 Å². The first-order chi connectivity index (χ1) is 9.29. The highest BCUT2D eigenvalue weighted by molar-refractivity contribution is 7.89. The van der Waals surface area contributed by atoms with E-state index in [4.69, 9.17) is 5.14 Å². The van der Waals surface area contributed by atoms with E-state index in [1.54, 1.807) is 6.92 Å². The van der Waals surface area contributed by atoms with Crippen LogP contribution in [0.25, 0.3) is 0 Å².